The van der Waals surface area contributed by atoms with Gasteiger partial charge in [0.25, 0.3) is 5.91 Å². The molecule has 0 saturated carbocycles. The molecule has 1 aromatic heterocycles. The van der Waals surface area contributed by atoms with E-state index in [1.807, 2.05) is 31.2 Å². The van der Waals surface area contributed by atoms with Crippen molar-refractivity contribution in [2.75, 3.05) is 0 Å². The first-order chi connectivity index (χ1) is 13.4. The van der Waals surface area contributed by atoms with Crippen molar-refractivity contribution in [1.82, 2.24) is 15.5 Å². The first-order valence-corrected chi connectivity index (χ1v) is 10.3. The van der Waals surface area contributed by atoms with Gasteiger partial charge in [-0.2, -0.15) is 4.98 Å². The predicted octanol–water partition coefficient (Wildman–Crippen LogP) is 5.28. The number of aromatic nitrogens is 2. The summed E-state index contributed by atoms with van der Waals surface area (Å²) in [5.41, 5.74) is 3.04. The Morgan fingerprint density at radius 3 is 2.25 bits per heavy atom. The van der Waals surface area contributed by atoms with Gasteiger partial charge in [-0.3, -0.25) is 4.79 Å². The summed E-state index contributed by atoms with van der Waals surface area (Å²) in [6.45, 7) is 8.14. The number of carbonyl (C=O) groups is 1. The molecule has 1 heterocycles. The topological polar surface area (TPSA) is 68.0 Å². The molecule has 0 bridgehead atoms. The number of benzene rings is 2. The third-order valence-corrected chi connectivity index (χ3v) is 5.50. The van der Waals surface area contributed by atoms with Crippen LogP contribution in [0.2, 0.25) is 0 Å². The summed E-state index contributed by atoms with van der Waals surface area (Å²) in [5.74, 6) is 2.26. The van der Waals surface area contributed by atoms with Crippen molar-refractivity contribution < 1.29 is 9.32 Å². The van der Waals surface area contributed by atoms with Crippen LogP contribution in [0.4, 0.5) is 0 Å². The van der Waals surface area contributed by atoms with E-state index in [4.69, 9.17) is 4.52 Å². The average molecular weight is 396 g/mol. The van der Waals surface area contributed by atoms with Crippen LogP contribution in [0.5, 0.6) is 0 Å². The van der Waals surface area contributed by atoms with Crippen molar-refractivity contribution in [3.63, 3.8) is 0 Å². The number of hydrogen-bond donors (Lipinski definition) is 1. The highest BCUT2D eigenvalue weighted by Gasteiger charge is 2.12. The zero-order chi connectivity index (χ0) is 20.1. The fraction of sp³-hybridized carbons (Fsp3) is 0.318. The summed E-state index contributed by atoms with van der Waals surface area (Å²) < 4.78 is 5.11. The third-order valence-electron chi connectivity index (χ3n) is 4.50. The summed E-state index contributed by atoms with van der Waals surface area (Å²) >= 11 is 1.59. The van der Waals surface area contributed by atoms with Gasteiger partial charge in [-0.15, -0.1) is 11.8 Å². The van der Waals surface area contributed by atoms with Gasteiger partial charge in [-0.1, -0.05) is 43.3 Å². The van der Waals surface area contributed by atoms with Gasteiger partial charge in [0.2, 0.25) is 5.89 Å². The molecule has 0 radical (unpaired) electrons. The lowest BCUT2D eigenvalue weighted by Gasteiger charge is -2.16. The van der Waals surface area contributed by atoms with Gasteiger partial charge >= 0.3 is 0 Å². The molecule has 3 rings (SSSR count). The Kier molecular flexibility index (Phi) is 6.52. The molecule has 5 nitrogen and oxygen atoms in total. The molecule has 0 aliphatic carbocycles. The summed E-state index contributed by atoms with van der Waals surface area (Å²) in [6, 6.07) is 15.9. The lowest BCUT2D eigenvalue weighted by atomic mass is 9.99. The van der Waals surface area contributed by atoms with Crippen LogP contribution in [0.3, 0.4) is 0 Å². The fourth-order valence-corrected chi connectivity index (χ4v) is 3.52. The molecule has 1 atom stereocenters. The molecule has 1 amide bonds. The first kappa shape index (κ1) is 20.1. The number of nitrogens with one attached hydrogen (secondary N) is 1. The molecular formula is C22H25N3O2S. The second-order valence-corrected chi connectivity index (χ2v) is 8.11. The van der Waals surface area contributed by atoms with E-state index in [9.17, 15) is 4.79 Å². The lowest BCUT2D eigenvalue weighted by molar-refractivity contribution is 0.0940. The van der Waals surface area contributed by atoms with Gasteiger partial charge in [0.15, 0.2) is 5.82 Å². The number of aryl methyl sites for hydroxylation is 1. The maximum atomic E-state index is 12.5. The number of amides is 1. The zero-order valence-electron chi connectivity index (χ0n) is 16.6. The van der Waals surface area contributed by atoms with Gasteiger partial charge < -0.3 is 9.84 Å². The SMILES string of the molecule is Cc1noc(CSc2ccc(C(=O)NC(C)c3ccc(C(C)C)cc3)cc2)n1. The van der Waals surface area contributed by atoms with E-state index < -0.39 is 0 Å². The van der Waals surface area contributed by atoms with Gasteiger partial charge in [0.05, 0.1) is 11.8 Å². The van der Waals surface area contributed by atoms with Crippen LogP contribution in [-0.2, 0) is 5.75 Å². The molecule has 1 N–H and O–H groups in total. The first-order valence-electron chi connectivity index (χ1n) is 9.35. The zero-order valence-corrected chi connectivity index (χ0v) is 17.4. The van der Waals surface area contributed by atoms with E-state index in [0.29, 0.717) is 28.9 Å². The van der Waals surface area contributed by atoms with Crippen LogP contribution >= 0.6 is 11.8 Å². The standard InChI is InChI=1S/C22H25N3O2S/c1-14(2)17-5-7-18(8-6-17)15(3)23-22(26)19-9-11-20(12-10-19)28-13-21-24-16(4)25-27-21/h5-12,14-15H,13H2,1-4H3,(H,23,26). The fourth-order valence-electron chi connectivity index (χ4n) is 2.78. The van der Waals surface area contributed by atoms with Crippen LogP contribution in [-0.4, -0.2) is 16.0 Å². The summed E-state index contributed by atoms with van der Waals surface area (Å²) in [7, 11) is 0. The second kappa shape index (κ2) is 9.06. The lowest BCUT2D eigenvalue weighted by Crippen LogP contribution is -2.26. The normalized spacial score (nSPS) is 12.2. The van der Waals surface area contributed by atoms with Crippen molar-refractivity contribution in [2.24, 2.45) is 0 Å². The van der Waals surface area contributed by atoms with E-state index in [2.05, 4.69) is 53.6 Å². The quantitative estimate of drug-likeness (QED) is 0.551. The summed E-state index contributed by atoms with van der Waals surface area (Å²) in [6.07, 6.45) is 0. The minimum atomic E-state index is -0.0792. The maximum absolute atomic E-state index is 12.5. The van der Waals surface area contributed by atoms with Crippen LogP contribution in [0.15, 0.2) is 57.9 Å². The van der Waals surface area contributed by atoms with E-state index >= 15 is 0 Å². The Balaban J connectivity index is 1.56. The second-order valence-electron chi connectivity index (χ2n) is 7.06. The molecule has 6 heteroatoms. The Morgan fingerprint density at radius 2 is 1.68 bits per heavy atom. The van der Waals surface area contributed by atoms with Crippen molar-refractivity contribution in [3.05, 3.63) is 76.9 Å². The van der Waals surface area contributed by atoms with Crippen LogP contribution in [0, 0.1) is 6.92 Å². The monoisotopic (exact) mass is 395 g/mol. The average Bonchev–Trinajstić information content (AvgIpc) is 3.12. The highest BCUT2D eigenvalue weighted by atomic mass is 32.2. The number of rotatable bonds is 7. The number of carbonyl (C=O) groups excluding carboxylic acids is 1. The van der Waals surface area contributed by atoms with Crippen molar-refractivity contribution in [1.29, 1.82) is 0 Å². The molecule has 0 spiro atoms. The van der Waals surface area contributed by atoms with Gasteiger partial charge in [-0.05, 0) is 55.2 Å². The Bertz CT molecular complexity index is 918. The van der Waals surface area contributed by atoms with Gasteiger partial charge in [0.1, 0.15) is 0 Å². The van der Waals surface area contributed by atoms with Gasteiger partial charge in [-0.25, -0.2) is 0 Å². The molecule has 1 unspecified atom stereocenters. The molecule has 3 aromatic rings. The molecular weight excluding hydrogens is 370 g/mol. The molecule has 2 aromatic carbocycles. The van der Waals surface area contributed by atoms with Crippen LogP contribution in [0.1, 0.15) is 65.9 Å². The third kappa shape index (κ3) is 5.23. The maximum Gasteiger partial charge on any atom is 0.251 e. The highest BCUT2D eigenvalue weighted by molar-refractivity contribution is 7.98. The minimum Gasteiger partial charge on any atom is -0.346 e. The largest absolute Gasteiger partial charge is 0.346 e. The number of nitrogens with zero attached hydrogens (tertiary/aromatic N) is 2. The van der Waals surface area contributed by atoms with E-state index in [0.717, 1.165) is 10.5 Å². The molecule has 0 aliphatic heterocycles. The van der Waals surface area contributed by atoms with E-state index in [1.54, 1.807) is 18.7 Å². The van der Waals surface area contributed by atoms with E-state index in [-0.39, 0.29) is 11.9 Å². The van der Waals surface area contributed by atoms with Crippen LogP contribution < -0.4 is 5.32 Å². The summed E-state index contributed by atoms with van der Waals surface area (Å²) in [5, 5.41) is 6.84. The van der Waals surface area contributed by atoms with E-state index in [1.165, 1.54) is 5.56 Å². The molecule has 0 saturated heterocycles. The molecule has 0 fully saturated rings. The summed E-state index contributed by atoms with van der Waals surface area (Å²) in [4.78, 5) is 17.8. The minimum absolute atomic E-state index is 0.0523. The smallest absolute Gasteiger partial charge is 0.251 e. The Morgan fingerprint density at radius 1 is 1.04 bits per heavy atom. The van der Waals surface area contributed by atoms with Crippen molar-refractivity contribution in [2.45, 2.75) is 50.3 Å². The van der Waals surface area contributed by atoms with Crippen LogP contribution in [0.25, 0.3) is 0 Å². The predicted molar refractivity (Wildman–Crippen MR) is 111 cm³/mol. The number of hydrogen-bond acceptors (Lipinski definition) is 5. The van der Waals surface area contributed by atoms with Gasteiger partial charge in [0, 0.05) is 10.5 Å². The molecule has 0 aliphatic rings. The Hall–Kier alpha value is -2.60. The molecule has 146 valence electrons. The Labute approximate surface area is 169 Å². The highest BCUT2D eigenvalue weighted by Crippen LogP contribution is 2.23. The van der Waals surface area contributed by atoms with Crippen molar-refractivity contribution in [3.8, 4) is 0 Å². The number of thioether (sulfide) groups is 1. The molecule has 28 heavy (non-hydrogen) atoms. The van der Waals surface area contributed by atoms with Crippen molar-refractivity contribution >= 4 is 17.7 Å².